The maximum absolute atomic E-state index is 12.0. The minimum atomic E-state index is -2.47. The van der Waals surface area contributed by atoms with E-state index in [9.17, 15) is 4.79 Å². The van der Waals surface area contributed by atoms with Crippen LogP contribution in [-0.4, -0.2) is 30.7 Å². The summed E-state index contributed by atoms with van der Waals surface area (Å²) in [5, 5.41) is 2.39. The van der Waals surface area contributed by atoms with Crippen molar-refractivity contribution in [2.24, 2.45) is 5.41 Å². The first kappa shape index (κ1) is 22.3. The van der Waals surface area contributed by atoms with Crippen LogP contribution in [0.3, 0.4) is 0 Å². The molecule has 0 aliphatic rings. The Kier molecular flexibility index (Phi) is 8.42. The second kappa shape index (κ2) is 10.6. The summed E-state index contributed by atoms with van der Waals surface area (Å²) in [7, 11) is -2.14. The molecule has 0 amide bonds. The van der Waals surface area contributed by atoms with Gasteiger partial charge in [-0.15, -0.1) is 6.58 Å². The Bertz CT molecular complexity index is 705. The van der Waals surface area contributed by atoms with Gasteiger partial charge in [0.1, 0.15) is 0 Å². The molecule has 2 radical (unpaired) electrons. The summed E-state index contributed by atoms with van der Waals surface area (Å²) >= 11 is 0. The Morgan fingerprint density at radius 1 is 1.07 bits per heavy atom. The Hall–Kier alpha value is -1.96. The smallest absolute Gasteiger partial charge is 0.311 e. The van der Waals surface area contributed by atoms with E-state index in [1.165, 1.54) is 10.4 Å². The first-order valence-electron chi connectivity index (χ1n) is 9.79. The Morgan fingerprint density at radius 3 is 2.07 bits per heavy atom. The van der Waals surface area contributed by atoms with E-state index in [1.807, 2.05) is 62.9 Å². The van der Waals surface area contributed by atoms with Crippen molar-refractivity contribution in [1.29, 1.82) is 0 Å². The molecule has 0 fully saturated rings. The van der Waals surface area contributed by atoms with Crippen molar-refractivity contribution in [3.8, 4) is 0 Å². The van der Waals surface area contributed by atoms with Gasteiger partial charge in [-0.2, -0.15) is 0 Å². The number of rotatable bonds is 11. The van der Waals surface area contributed by atoms with Gasteiger partial charge in [0, 0.05) is 0 Å². The van der Waals surface area contributed by atoms with E-state index in [4.69, 9.17) is 8.85 Å². The summed E-state index contributed by atoms with van der Waals surface area (Å²) in [6.07, 6.45) is 1.58. The summed E-state index contributed by atoms with van der Waals surface area (Å²) in [6, 6.07) is 21.6. The number of ether oxygens (including phenoxy) is 1. The number of carbonyl (C=O) groups is 1. The Balaban J connectivity index is 1.98. The number of carbonyl (C=O) groups excluding carboxylic acids is 1. The lowest BCUT2D eigenvalue weighted by molar-refractivity contribution is -0.154. The Morgan fingerprint density at radius 2 is 1.61 bits per heavy atom. The van der Waals surface area contributed by atoms with Crippen molar-refractivity contribution in [3.63, 3.8) is 0 Å². The fraction of sp³-hybridized carbons (Fsp3) is 0.348. The number of benzene rings is 2. The SMILES string of the molecule is C=C[Si](O[Si]CCCOC(=O)C(C)(C)CC)(c1ccccc1)c1ccccc1. The minimum Gasteiger partial charge on any atom is -0.465 e. The second-order valence-corrected chi connectivity index (χ2v) is 12.0. The van der Waals surface area contributed by atoms with E-state index in [1.54, 1.807) is 0 Å². The minimum absolute atomic E-state index is 0.123. The largest absolute Gasteiger partial charge is 0.465 e. The van der Waals surface area contributed by atoms with Gasteiger partial charge in [-0.25, -0.2) is 0 Å². The Labute approximate surface area is 172 Å². The van der Waals surface area contributed by atoms with Crippen molar-refractivity contribution < 1.29 is 13.6 Å². The number of esters is 1. The lowest BCUT2D eigenvalue weighted by Crippen LogP contribution is -2.60. The molecular weight excluding hydrogens is 380 g/mol. The summed E-state index contributed by atoms with van der Waals surface area (Å²) in [5.41, 5.74) is 1.60. The average molecular weight is 411 g/mol. The van der Waals surface area contributed by atoms with Crippen LogP contribution in [-0.2, 0) is 13.6 Å². The summed E-state index contributed by atoms with van der Waals surface area (Å²) in [6.45, 7) is 10.4. The highest BCUT2D eigenvalue weighted by Crippen LogP contribution is 2.21. The quantitative estimate of drug-likeness (QED) is 0.320. The topological polar surface area (TPSA) is 35.5 Å². The molecule has 0 saturated carbocycles. The predicted molar refractivity (Wildman–Crippen MR) is 119 cm³/mol. The van der Waals surface area contributed by atoms with Crippen molar-refractivity contribution in [2.75, 3.05) is 6.61 Å². The standard InChI is InChI=1S/C23H30O3Si2/c1-5-23(3,4)22(24)25-18-13-19-27-26-28(6-2,20-14-9-7-10-15-20)21-16-11-8-12-17-21/h6-12,14-17H,2,5,13,18-19H2,1,3-4H3. The highest BCUT2D eigenvalue weighted by atomic mass is 28.4. The van der Waals surface area contributed by atoms with Gasteiger partial charge < -0.3 is 8.85 Å². The maximum Gasteiger partial charge on any atom is 0.311 e. The molecule has 0 aromatic heterocycles. The molecule has 0 unspecified atom stereocenters. The molecule has 2 aromatic carbocycles. The van der Waals surface area contributed by atoms with Gasteiger partial charge in [-0.05, 0) is 43.1 Å². The fourth-order valence-corrected chi connectivity index (χ4v) is 7.81. The van der Waals surface area contributed by atoms with Crippen LogP contribution in [0.25, 0.3) is 0 Å². The third-order valence-electron chi connectivity index (χ3n) is 5.02. The lowest BCUT2D eigenvalue weighted by atomic mass is 9.91. The van der Waals surface area contributed by atoms with Crippen LogP contribution >= 0.6 is 0 Å². The van der Waals surface area contributed by atoms with Crippen LogP contribution in [0, 0.1) is 5.41 Å². The van der Waals surface area contributed by atoms with Gasteiger partial charge in [0.05, 0.1) is 12.0 Å². The molecule has 0 heterocycles. The molecule has 0 bridgehead atoms. The van der Waals surface area contributed by atoms with Crippen LogP contribution in [0.1, 0.15) is 33.6 Å². The molecule has 0 aliphatic carbocycles. The first-order valence-corrected chi connectivity index (χ1v) is 12.9. The van der Waals surface area contributed by atoms with E-state index < -0.39 is 13.7 Å². The average Bonchev–Trinajstić information content (AvgIpc) is 2.74. The molecule has 148 valence electrons. The molecule has 0 N–H and O–H groups in total. The summed E-state index contributed by atoms with van der Waals surface area (Å²) in [4.78, 5) is 12.0. The van der Waals surface area contributed by atoms with Crippen molar-refractivity contribution >= 4 is 34.4 Å². The van der Waals surface area contributed by atoms with Crippen molar-refractivity contribution in [1.82, 2.24) is 0 Å². The van der Waals surface area contributed by atoms with Gasteiger partial charge in [-0.1, -0.05) is 73.3 Å². The molecule has 2 aromatic rings. The van der Waals surface area contributed by atoms with E-state index in [0.717, 1.165) is 18.9 Å². The summed E-state index contributed by atoms with van der Waals surface area (Å²) < 4.78 is 12.0. The van der Waals surface area contributed by atoms with E-state index in [2.05, 4.69) is 30.8 Å². The molecule has 28 heavy (non-hydrogen) atoms. The number of hydrogen-bond acceptors (Lipinski definition) is 3. The molecule has 5 heteroatoms. The van der Waals surface area contributed by atoms with Gasteiger partial charge in [0.25, 0.3) is 8.32 Å². The van der Waals surface area contributed by atoms with Crippen LogP contribution in [0.2, 0.25) is 6.04 Å². The van der Waals surface area contributed by atoms with Crippen molar-refractivity contribution in [3.05, 3.63) is 72.9 Å². The zero-order valence-electron chi connectivity index (χ0n) is 17.1. The van der Waals surface area contributed by atoms with E-state index in [-0.39, 0.29) is 5.97 Å². The highest BCUT2D eigenvalue weighted by molar-refractivity contribution is 7.03. The second-order valence-electron chi connectivity index (χ2n) is 7.40. The fourth-order valence-electron chi connectivity index (χ4n) is 2.75. The molecule has 0 saturated heterocycles. The van der Waals surface area contributed by atoms with E-state index in [0.29, 0.717) is 16.4 Å². The molecule has 2 rings (SSSR count). The van der Waals surface area contributed by atoms with Gasteiger partial charge in [0.2, 0.25) is 9.76 Å². The molecule has 3 nitrogen and oxygen atoms in total. The molecule has 0 atom stereocenters. The van der Waals surface area contributed by atoms with Gasteiger partial charge >= 0.3 is 5.97 Å². The van der Waals surface area contributed by atoms with Crippen LogP contribution in [0.5, 0.6) is 0 Å². The van der Waals surface area contributed by atoms with Crippen LogP contribution in [0.4, 0.5) is 0 Å². The van der Waals surface area contributed by atoms with E-state index >= 15 is 0 Å². The zero-order chi connectivity index (χ0) is 20.5. The van der Waals surface area contributed by atoms with Gasteiger partial charge in [0.15, 0.2) is 0 Å². The third kappa shape index (κ3) is 5.53. The lowest BCUT2D eigenvalue weighted by Gasteiger charge is -2.29. The number of hydrogen-bond donors (Lipinski definition) is 0. The first-order chi connectivity index (χ1) is 13.5. The molecular formula is C23H30O3Si2. The van der Waals surface area contributed by atoms with Crippen LogP contribution < -0.4 is 10.4 Å². The molecule has 0 spiro atoms. The zero-order valence-corrected chi connectivity index (χ0v) is 19.1. The maximum atomic E-state index is 12.0. The third-order valence-corrected chi connectivity index (χ3v) is 10.4. The highest BCUT2D eigenvalue weighted by Gasteiger charge is 2.36. The molecule has 0 aliphatic heterocycles. The monoisotopic (exact) mass is 410 g/mol. The predicted octanol–water partition coefficient (Wildman–Crippen LogP) is 3.90. The van der Waals surface area contributed by atoms with Gasteiger partial charge in [-0.3, -0.25) is 4.79 Å². The van der Waals surface area contributed by atoms with Crippen molar-refractivity contribution in [2.45, 2.75) is 39.7 Å². The summed E-state index contributed by atoms with van der Waals surface area (Å²) in [5.74, 6) is -0.123. The van der Waals surface area contributed by atoms with Crippen LogP contribution in [0.15, 0.2) is 72.9 Å². The normalized spacial score (nSPS) is 11.8.